The predicted octanol–water partition coefficient (Wildman–Crippen LogP) is 3.45. The molecule has 0 radical (unpaired) electrons. The minimum absolute atomic E-state index is 0.204. The Morgan fingerprint density at radius 2 is 1.86 bits per heavy atom. The third-order valence-electron chi connectivity index (χ3n) is 4.16. The van der Waals surface area contributed by atoms with Crippen LogP contribution in [0.3, 0.4) is 0 Å². The largest absolute Gasteiger partial charge is 0.493 e. The van der Waals surface area contributed by atoms with Gasteiger partial charge in [0.05, 0.1) is 14.2 Å². The monoisotopic (exact) mass is 401 g/mol. The van der Waals surface area contributed by atoms with Crippen LogP contribution >= 0.6 is 0 Å². The summed E-state index contributed by atoms with van der Waals surface area (Å²) in [6, 6.07) is 11.2. The summed E-state index contributed by atoms with van der Waals surface area (Å²) in [5.74, 6) is -0.422. The number of methoxy groups -OCH3 is 2. The van der Waals surface area contributed by atoms with Crippen molar-refractivity contribution in [1.29, 1.82) is 0 Å². The second-order valence-corrected chi connectivity index (χ2v) is 6.32. The summed E-state index contributed by atoms with van der Waals surface area (Å²) in [6.07, 6.45) is 1.75. The third kappa shape index (κ3) is 6.07. The SMILES string of the molecule is COc1cccc(/C=C/C(=O)OC(C)C(=O)N(C)Cc2cccc(F)c2)c1OC. The van der Waals surface area contributed by atoms with Crippen molar-refractivity contribution in [3.05, 3.63) is 65.5 Å². The van der Waals surface area contributed by atoms with Gasteiger partial charge in [0.15, 0.2) is 17.6 Å². The lowest BCUT2D eigenvalue weighted by Gasteiger charge is -2.21. The van der Waals surface area contributed by atoms with E-state index < -0.39 is 18.0 Å². The average Bonchev–Trinajstić information content (AvgIpc) is 2.71. The van der Waals surface area contributed by atoms with Gasteiger partial charge in [-0.1, -0.05) is 24.3 Å². The summed E-state index contributed by atoms with van der Waals surface area (Å²) >= 11 is 0. The van der Waals surface area contributed by atoms with Crippen molar-refractivity contribution >= 4 is 18.0 Å². The highest BCUT2D eigenvalue weighted by Crippen LogP contribution is 2.31. The maximum absolute atomic E-state index is 13.3. The number of hydrogen-bond acceptors (Lipinski definition) is 5. The van der Waals surface area contributed by atoms with Crippen molar-refractivity contribution in [2.45, 2.75) is 19.6 Å². The number of likely N-dealkylation sites (N-methyl/N-ethyl adjacent to an activating group) is 1. The Balaban J connectivity index is 1.97. The van der Waals surface area contributed by atoms with Gasteiger partial charge in [0.2, 0.25) is 0 Å². The zero-order valence-corrected chi connectivity index (χ0v) is 16.8. The summed E-state index contributed by atoms with van der Waals surface area (Å²) < 4.78 is 29.0. The predicted molar refractivity (Wildman–Crippen MR) is 107 cm³/mol. The maximum Gasteiger partial charge on any atom is 0.331 e. The van der Waals surface area contributed by atoms with Gasteiger partial charge in [-0.05, 0) is 36.8 Å². The highest BCUT2D eigenvalue weighted by atomic mass is 19.1. The molecule has 0 saturated carbocycles. The number of amides is 1. The molecule has 1 unspecified atom stereocenters. The number of esters is 1. The first kappa shape index (κ1) is 21.9. The minimum Gasteiger partial charge on any atom is -0.493 e. The van der Waals surface area contributed by atoms with Crippen LogP contribution in [0.2, 0.25) is 0 Å². The number of carbonyl (C=O) groups excluding carboxylic acids is 2. The molecule has 0 aromatic heterocycles. The molecule has 2 rings (SSSR count). The molecule has 0 N–H and O–H groups in total. The lowest BCUT2D eigenvalue weighted by molar-refractivity contribution is -0.154. The Labute approximate surface area is 169 Å². The molecule has 1 amide bonds. The Kier molecular flexibility index (Phi) is 7.77. The Bertz CT molecular complexity index is 897. The molecule has 154 valence electrons. The highest BCUT2D eigenvalue weighted by Gasteiger charge is 2.21. The lowest BCUT2D eigenvalue weighted by atomic mass is 10.1. The first-order valence-electron chi connectivity index (χ1n) is 8.94. The van der Waals surface area contributed by atoms with Crippen LogP contribution in [0, 0.1) is 5.82 Å². The third-order valence-corrected chi connectivity index (χ3v) is 4.16. The second-order valence-electron chi connectivity index (χ2n) is 6.32. The molecule has 0 aliphatic heterocycles. The molecule has 0 aliphatic rings. The van der Waals surface area contributed by atoms with Crippen LogP contribution < -0.4 is 9.47 Å². The lowest BCUT2D eigenvalue weighted by Crippen LogP contribution is -2.36. The number of halogens is 1. The molecular formula is C22H24FNO5. The molecule has 0 spiro atoms. The molecule has 2 aromatic rings. The van der Waals surface area contributed by atoms with Crippen molar-refractivity contribution in [1.82, 2.24) is 4.90 Å². The van der Waals surface area contributed by atoms with E-state index in [9.17, 15) is 14.0 Å². The Morgan fingerprint density at radius 1 is 1.14 bits per heavy atom. The van der Waals surface area contributed by atoms with Crippen LogP contribution in [-0.2, 0) is 20.9 Å². The number of ether oxygens (including phenoxy) is 3. The van der Waals surface area contributed by atoms with E-state index in [1.165, 1.54) is 50.3 Å². The molecular weight excluding hydrogens is 377 g/mol. The van der Waals surface area contributed by atoms with E-state index in [0.717, 1.165) is 0 Å². The summed E-state index contributed by atoms with van der Waals surface area (Å²) in [5.41, 5.74) is 1.27. The van der Waals surface area contributed by atoms with E-state index >= 15 is 0 Å². The van der Waals surface area contributed by atoms with Gasteiger partial charge in [-0.25, -0.2) is 9.18 Å². The summed E-state index contributed by atoms with van der Waals surface area (Å²) in [4.78, 5) is 25.9. The van der Waals surface area contributed by atoms with Crippen molar-refractivity contribution < 1.29 is 28.2 Å². The molecule has 0 bridgehead atoms. The van der Waals surface area contributed by atoms with Crippen molar-refractivity contribution in [2.24, 2.45) is 0 Å². The highest BCUT2D eigenvalue weighted by molar-refractivity contribution is 5.90. The normalized spacial score (nSPS) is 11.8. The topological polar surface area (TPSA) is 65.1 Å². The minimum atomic E-state index is -0.988. The zero-order valence-electron chi connectivity index (χ0n) is 16.8. The number of carbonyl (C=O) groups is 2. The van der Waals surface area contributed by atoms with Gasteiger partial charge in [-0.2, -0.15) is 0 Å². The summed E-state index contributed by atoms with van der Waals surface area (Å²) in [7, 11) is 4.59. The summed E-state index contributed by atoms with van der Waals surface area (Å²) in [5, 5.41) is 0. The van der Waals surface area contributed by atoms with Crippen LogP contribution in [0.5, 0.6) is 11.5 Å². The van der Waals surface area contributed by atoms with E-state index in [1.54, 1.807) is 37.4 Å². The number of para-hydroxylation sites is 1. The zero-order chi connectivity index (χ0) is 21.4. The van der Waals surface area contributed by atoms with Gasteiger partial charge in [0.1, 0.15) is 5.82 Å². The fourth-order valence-electron chi connectivity index (χ4n) is 2.76. The molecule has 2 aromatic carbocycles. The fourth-order valence-corrected chi connectivity index (χ4v) is 2.76. The second kappa shape index (κ2) is 10.3. The smallest absolute Gasteiger partial charge is 0.331 e. The number of rotatable bonds is 8. The van der Waals surface area contributed by atoms with Crippen LogP contribution in [0.15, 0.2) is 48.5 Å². The van der Waals surface area contributed by atoms with Crippen LogP contribution in [0.1, 0.15) is 18.1 Å². The quantitative estimate of drug-likeness (QED) is 0.501. The van der Waals surface area contributed by atoms with Crippen LogP contribution in [-0.4, -0.2) is 44.1 Å². The number of benzene rings is 2. The van der Waals surface area contributed by atoms with Gasteiger partial charge in [0.25, 0.3) is 5.91 Å². The van der Waals surface area contributed by atoms with E-state index in [-0.39, 0.29) is 12.4 Å². The average molecular weight is 401 g/mol. The molecule has 1 atom stereocenters. The van der Waals surface area contributed by atoms with Crippen LogP contribution in [0.4, 0.5) is 4.39 Å². The number of hydrogen-bond donors (Lipinski definition) is 0. The van der Waals surface area contributed by atoms with E-state index in [2.05, 4.69) is 0 Å². The molecule has 0 aliphatic carbocycles. The molecule has 0 saturated heterocycles. The van der Waals surface area contributed by atoms with Crippen molar-refractivity contribution in [2.75, 3.05) is 21.3 Å². The van der Waals surface area contributed by atoms with Crippen molar-refractivity contribution in [3.63, 3.8) is 0 Å². The Morgan fingerprint density at radius 3 is 2.52 bits per heavy atom. The van der Waals surface area contributed by atoms with Gasteiger partial charge >= 0.3 is 5.97 Å². The van der Waals surface area contributed by atoms with Gasteiger partial charge in [-0.15, -0.1) is 0 Å². The van der Waals surface area contributed by atoms with Gasteiger partial charge in [-0.3, -0.25) is 4.79 Å². The molecule has 0 heterocycles. The summed E-state index contributed by atoms with van der Waals surface area (Å²) in [6.45, 7) is 1.69. The van der Waals surface area contributed by atoms with E-state index in [0.29, 0.717) is 22.6 Å². The van der Waals surface area contributed by atoms with E-state index in [1.807, 2.05) is 0 Å². The molecule has 29 heavy (non-hydrogen) atoms. The van der Waals surface area contributed by atoms with Crippen LogP contribution in [0.25, 0.3) is 6.08 Å². The molecule has 7 heteroatoms. The van der Waals surface area contributed by atoms with Crippen molar-refractivity contribution in [3.8, 4) is 11.5 Å². The Hall–Kier alpha value is -3.35. The fraction of sp³-hybridized carbons (Fsp3) is 0.273. The van der Waals surface area contributed by atoms with E-state index in [4.69, 9.17) is 14.2 Å². The molecule has 6 nitrogen and oxygen atoms in total. The first-order valence-corrected chi connectivity index (χ1v) is 8.94. The van der Waals surface area contributed by atoms with Gasteiger partial charge in [0, 0.05) is 25.2 Å². The number of nitrogens with zero attached hydrogens (tertiary/aromatic N) is 1. The standard InChI is InChI=1S/C22H24FNO5/c1-15(22(26)24(2)14-16-7-5-9-18(23)13-16)29-20(25)12-11-17-8-6-10-19(27-3)21(17)28-4/h5-13,15H,14H2,1-4H3/b12-11+. The van der Waals surface area contributed by atoms with Gasteiger partial charge < -0.3 is 19.1 Å². The molecule has 0 fully saturated rings. The first-order chi connectivity index (χ1) is 13.8. The maximum atomic E-state index is 13.3.